The number of hydrogen-bond donors (Lipinski definition) is 4. The SMILES string of the molecule is O=C1CCC(N2C(=O)c3ccc(NCCOCCOCCC(=O)N4CC(c5cc6cc(-c7ccccc7O)nnc6[nH]5)C4)cc3C2=O)C(=O)N1. The Morgan fingerprint density at radius 1 is 0.900 bits per heavy atom. The number of imide groups is 2. The van der Waals surface area contributed by atoms with Gasteiger partial charge in [-0.05, 0) is 48.9 Å². The normalized spacial score (nSPS) is 17.6. The molecule has 0 saturated carbocycles. The molecule has 15 nitrogen and oxygen atoms in total. The van der Waals surface area contributed by atoms with E-state index in [0.29, 0.717) is 62.0 Å². The highest BCUT2D eigenvalue weighted by atomic mass is 16.5. The predicted molar refractivity (Wildman–Crippen MR) is 178 cm³/mol. The van der Waals surface area contributed by atoms with Gasteiger partial charge >= 0.3 is 0 Å². The number of fused-ring (bicyclic) bond motifs is 2. The van der Waals surface area contributed by atoms with Crippen molar-refractivity contribution in [2.45, 2.75) is 31.2 Å². The number of benzene rings is 2. The summed E-state index contributed by atoms with van der Waals surface area (Å²) in [4.78, 5) is 68.2. The molecule has 2 saturated heterocycles. The number of phenolic OH excluding ortho intramolecular Hbond substituents is 1. The Hall–Kier alpha value is -5.67. The summed E-state index contributed by atoms with van der Waals surface area (Å²) in [7, 11) is 0. The van der Waals surface area contributed by atoms with E-state index >= 15 is 0 Å². The van der Waals surface area contributed by atoms with Crippen LogP contribution in [-0.2, 0) is 23.9 Å². The Bertz CT molecular complexity index is 1990. The minimum Gasteiger partial charge on any atom is -0.507 e. The first-order valence-electron chi connectivity index (χ1n) is 16.4. The van der Waals surface area contributed by atoms with E-state index in [-0.39, 0.29) is 54.6 Å². The van der Waals surface area contributed by atoms with Crippen molar-refractivity contribution in [2.75, 3.05) is 51.4 Å². The van der Waals surface area contributed by atoms with Crippen LogP contribution in [0.15, 0.2) is 54.6 Å². The number of hydrogen-bond acceptors (Lipinski definition) is 11. The zero-order valence-electron chi connectivity index (χ0n) is 27.0. The monoisotopic (exact) mass is 681 g/mol. The standard InChI is InChI=1S/C35H35N7O8/c43-29-4-2-1-3-24(29)27-16-20-15-26(37-32(20)40-39-27)21-18-41(19-21)31(45)9-11-49-13-14-50-12-10-36-22-5-6-23-25(17-22)35(48)42(34(23)47)28-7-8-30(44)38-33(28)46/h1-6,15-17,21,28,36,43H,7-14,18-19H2,(H,37,40)(H,38,44,46). The van der Waals surface area contributed by atoms with Crippen molar-refractivity contribution in [3.63, 3.8) is 0 Å². The summed E-state index contributed by atoms with van der Waals surface area (Å²) >= 11 is 0. The molecule has 0 radical (unpaired) electrons. The van der Waals surface area contributed by atoms with E-state index in [9.17, 15) is 29.1 Å². The topological polar surface area (TPSA) is 196 Å². The van der Waals surface area contributed by atoms with E-state index in [0.717, 1.165) is 16.0 Å². The number of nitrogens with one attached hydrogen (secondary N) is 3. The molecule has 4 aromatic rings. The zero-order chi connectivity index (χ0) is 34.8. The molecule has 3 aliphatic heterocycles. The van der Waals surface area contributed by atoms with E-state index in [2.05, 4.69) is 25.8 Å². The van der Waals surface area contributed by atoms with Gasteiger partial charge < -0.3 is 29.8 Å². The molecule has 258 valence electrons. The molecular formula is C35H35N7O8. The molecule has 3 aliphatic rings. The fraction of sp³-hybridized carbons (Fsp3) is 0.343. The summed E-state index contributed by atoms with van der Waals surface area (Å²) in [6.45, 7) is 2.97. The molecule has 5 heterocycles. The van der Waals surface area contributed by atoms with Gasteiger partial charge in [-0.1, -0.05) is 12.1 Å². The van der Waals surface area contributed by atoms with Crippen molar-refractivity contribution < 1.29 is 38.6 Å². The van der Waals surface area contributed by atoms with Crippen LogP contribution in [0.1, 0.15) is 51.6 Å². The molecule has 2 fully saturated rings. The summed E-state index contributed by atoms with van der Waals surface area (Å²) in [5, 5.41) is 24.9. The Labute approximate surface area is 285 Å². The third kappa shape index (κ3) is 6.64. The van der Waals surface area contributed by atoms with Crippen molar-refractivity contribution in [2.24, 2.45) is 0 Å². The van der Waals surface area contributed by atoms with Gasteiger partial charge in [-0.25, -0.2) is 0 Å². The van der Waals surface area contributed by atoms with Crippen molar-refractivity contribution in [1.29, 1.82) is 0 Å². The van der Waals surface area contributed by atoms with Crippen LogP contribution < -0.4 is 10.6 Å². The molecule has 50 heavy (non-hydrogen) atoms. The maximum Gasteiger partial charge on any atom is 0.262 e. The van der Waals surface area contributed by atoms with Gasteiger partial charge in [0.05, 0.1) is 49.7 Å². The number of ether oxygens (including phenoxy) is 2. The maximum atomic E-state index is 13.0. The highest BCUT2D eigenvalue weighted by Crippen LogP contribution is 2.32. The first-order chi connectivity index (χ1) is 24.3. The number of likely N-dealkylation sites (tertiary alicyclic amines) is 1. The number of aromatic amines is 1. The molecule has 0 spiro atoms. The first-order valence-corrected chi connectivity index (χ1v) is 16.4. The number of nitrogens with zero attached hydrogens (tertiary/aromatic N) is 4. The molecule has 7 rings (SSSR count). The summed E-state index contributed by atoms with van der Waals surface area (Å²) < 4.78 is 11.2. The molecule has 0 bridgehead atoms. The molecule has 0 aliphatic carbocycles. The number of rotatable bonds is 13. The summed E-state index contributed by atoms with van der Waals surface area (Å²) in [5.74, 6) is -1.82. The minimum absolute atomic E-state index is 0.0267. The molecule has 1 atom stereocenters. The highest BCUT2D eigenvalue weighted by molar-refractivity contribution is 6.23. The Morgan fingerprint density at radius 3 is 2.48 bits per heavy atom. The number of para-hydroxylation sites is 1. The Morgan fingerprint density at radius 2 is 1.68 bits per heavy atom. The van der Waals surface area contributed by atoms with Gasteiger partial charge in [0.2, 0.25) is 17.7 Å². The van der Waals surface area contributed by atoms with Gasteiger partial charge in [0.15, 0.2) is 5.65 Å². The number of piperidine rings is 1. The number of anilines is 1. The Balaban J connectivity index is 0.772. The number of aromatic hydroxyl groups is 1. The van der Waals surface area contributed by atoms with E-state index in [1.54, 1.807) is 41.3 Å². The Kier molecular flexibility index (Phi) is 9.23. The fourth-order valence-corrected chi connectivity index (χ4v) is 6.36. The predicted octanol–water partition coefficient (Wildman–Crippen LogP) is 2.19. The second-order valence-corrected chi connectivity index (χ2v) is 12.4. The summed E-state index contributed by atoms with van der Waals surface area (Å²) in [6, 6.07) is 14.7. The molecule has 1 unspecified atom stereocenters. The van der Waals surface area contributed by atoms with Crippen molar-refractivity contribution in [3.05, 3.63) is 71.4 Å². The van der Waals surface area contributed by atoms with Crippen molar-refractivity contribution in [1.82, 2.24) is 30.3 Å². The van der Waals surface area contributed by atoms with Gasteiger partial charge in [0.1, 0.15) is 11.8 Å². The maximum absolute atomic E-state index is 13.0. The largest absolute Gasteiger partial charge is 0.507 e. The lowest BCUT2D eigenvalue weighted by Crippen LogP contribution is -2.54. The summed E-state index contributed by atoms with van der Waals surface area (Å²) in [6.07, 6.45) is 0.443. The molecule has 5 amide bonds. The second kappa shape index (κ2) is 14.1. The van der Waals surface area contributed by atoms with Gasteiger partial charge in [0, 0.05) is 54.3 Å². The number of amides is 5. The van der Waals surface area contributed by atoms with Crippen LogP contribution in [-0.4, -0.2) is 112 Å². The van der Waals surface area contributed by atoms with E-state index in [4.69, 9.17) is 9.47 Å². The third-order valence-electron chi connectivity index (χ3n) is 9.10. The zero-order valence-corrected chi connectivity index (χ0v) is 27.0. The van der Waals surface area contributed by atoms with Gasteiger partial charge in [-0.15, -0.1) is 10.2 Å². The van der Waals surface area contributed by atoms with Gasteiger partial charge in [0.25, 0.3) is 11.8 Å². The van der Waals surface area contributed by atoms with Crippen molar-refractivity contribution in [3.8, 4) is 17.0 Å². The number of carbonyl (C=O) groups excluding carboxylic acids is 5. The number of aromatic nitrogens is 3. The molecule has 15 heteroatoms. The quantitative estimate of drug-likeness (QED) is 0.119. The van der Waals surface area contributed by atoms with Crippen LogP contribution in [0.25, 0.3) is 22.3 Å². The van der Waals surface area contributed by atoms with Crippen LogP contribution in [0.2, 0.25) is 0 Å². The molecule has 2 aromatic carbocycles. The van der Waals surface area contributed by atoms with Crippen LogP contribution in [0.4, 0.5) is 5.69 Å². The first kappa shape index (κ1) is 32.9. The number of phenols is 1. The average molecular weight is 682 g/mol. The van der Waals surface area contributed by atoms with Crippen molar-refractivity contribution >= 4 is 46.3 Å². The van der Waals surface area contributed by atoms with Crippen LogP contribution in [0.3, 0.4) is 0 Å². The fourth-order valence-electron chi connectivity index (χ4n) is 6.36. The highest BCUT2D eigenvalue weighted by Gasteiger charge is 2.44. The van der Waals surface area contributed by atoms with E-state index < -0.39 is 29.7 Å². The molecule has 4 N–H and O–H groups in total. The average Bonchev–Trinajstić information content (AvgIpc) is 3.60. The lowest BCUT2D eigenvalue weighted by atomic mass is 9.96. The molecule has 2 aromatic heterocycles. The van der Waals surface area contributed by atoms with Crippen LogP contribution in [0.5, 0.6) is 5.75 Å². The minimum atomic E-state index is -1.01. The number of carbonyl (C=O) groups is 5. The van der Waals surface area contributed by atoms with Crippen LogP contribution in [0, 0.1) is 0 Å². The van der Waals surface area contributed by atoms with Gasteiger partial charge in [-0.2, -0.15) is 0 Å². The van der Waals surface area contributed by atoms with E-state index in [1.165, 1.54) is 0 Å². The number of H-pyrrole nitrogens is 1. The van der Waals surface area contributed by atoms with E-state index in [1.807, 2.05) is 18.2 Å². The van der Waals surface area contributed by atoms with Crippen LogP contribution >= 0.6 is 0 Å². The lowest BCUT2D eigenvalue weighted by Gasteiger charge is -2.39. The lowest BCUT2D eigenvalue weighted by molar-refractivity contribution is -0.137. The summed E-state index contributed by atoms with van der Waals surface area (Å²) in [5.41, 5.74) is 3.90. The second-order valence-electron chi connectivity index (χ2n) is 12.4. The third-order valence-corrected chi connectivity index (χ3v) is 9.10. The molecular weight excluding hydrogens is 646 g/mol. The van der Waals surface area contributed by atoms with Gasteiger partial charge in [-0.3, -0.25) is 34.2 Å². The smallest absolute Gasteiger partial charge is 0.262 e.